The second-order valence-corrected chi connectivity index (χ2v) is 11.7. The minimum atomic E-state index is -1.07. The molecule has 2 saturated heterocycles. The molecule has 2 fully saturated rings. The smallest absolute Gasteiger partial charge is 0.326 e. The monoisotopic (exact) mass is 635 g/mol. The largest absolute Gasteiger partial charge is 0.496 e. The van der Waals surface area contributed by atoms with Crippen LogP contribution in [-0.4, -0.2) is 73.9 Å². The van der Waals surface area contributed by atoms with Crippen LogP contribution in [0.2, 0.25) is 5.02 Å². The highest BCUT2D eigenvalue weighted by Gasteiger charge is 2.39. The van der Waals surface area contributed by atoms with Crippen LogP contribution in [0.15, 0.2) is 48.5 Å². The molecule has 5 rings (SSSR count). The molecule has 10 nitrogen and oxygen atoms in total. The van der Waals surface area contributed by atoms with E-state index < -0.39 is 29.6 Å². The Kier molecular flexibility index (Phi) is 9.40. The first-order valence-corrected chi connectivity index (χ1v) is 15.0. The van der Waals surface area contributed by atoms with Gasteiger partial charge in [0, 0.05) is 57.3 Å². The van der Waals surface area contributed by atoms with E-state index in [4.69, 9.17) is 16.3 Å². The molecule has 3 aromatic rings. The molecule has 0 spiro atoms. The summed E-state index contributed by atoms with van der Waals surface area (Å²) in [5.74, 6) is -2.22. The van der Waals surface area contributed by atoms with Crippen LogP contribution in [0.3, 0.4) is 0 Å². The summed E-state index contributed by atoms with van der Waals surface area (Å²) in [6.45, 7) is 2.64. The van der Waals surface area contributed by atoms with E-state index in [9.17, 15) is 19.2 Å². The van der Waals surface area contributed by atoms with Gasteiger partial charge in [0.1, 0.15) is 17.5 Å². The number of anilines is 1. The lowest BCUT2D eigenvalue weighted by molar-refractivity contribution is -0.140. The summed E-state index contributed by atoms with van der Waals surface area (Å²) in [7, 11) is 4.37. The van der Waals surface area contributed by atoms with Gasteiger partial charge in [-0.25, -0.2) is 9.18 Å². The highest BCUT2D eigenvalue weighted by atomic mass is 35.5. The normalized spacial score (nSPS) is 18.3. The van der Waals surface area contributed by atoms with Crippen molar-refractivity contribution in [3.05, 3.63) is 70.5 Å². The van der Waals surface area contributed by atoms with Gasteiger partial charge in [0.15, 0.2) is 0 Å². The number of carbonyl (C=O) groups is 4. The number of imide groups is 1. The van der Waals surface area contributed by atoms with E-state index in [1.807, 2.05) is 31.2 Å². The second kappa shape index (κ2) is 13.3. The van der Waals surface area contributed by atoms with Crippen LogP contribution in [0.4, 0.5) is 14.9 Å². The van der Waals surface area contributed by atoms with Crippen molar-refractivity contribution in [2.75, 3.05) is 39.6 Å². The van der Waals surface area contributed by atoms with Crippen LogP contribution in [0.1, 0.15) is 24.0 Å². The molecule has 236 valence electrons. The van der Waals surface area contributed by atoms with E-state index >= 15 is 4.39 Å². The molecule has 2 aliphatic rings. The van der Waals surface area contributed by atoms with Gasteiger partial charge in [-0.15, -0.1) is 0 Å². The number of halogens is 2. The molecule has 3 aromatic carbocycles. The average molecular weight is 636 g/mol. The third kappa shape index (κ3) is 6.50. The van der Waals surface area contributed by atoms with Crippen molar-refractivity contribution < 1.29 is 28.3 Å². The Hall–Kier alpha value is -4.48. The van der Waals surface area contributed by atoms with Crippen LogP contribution in [0.5, 0.6) is 5.75 Å². The van der Waals surface area contributed by atoms with Gasteiger partial charge in [-0.1, -0.05) is 41.9 Å². The van der Waals surface area contributed by atoms with Crippen molar-refractivity contribution in [3.8, 4) is 28.0 Å². The maximum absolute atomic E-state index is 15.5. The third-order valence-electron chi connectivity index (χ3n) is 8.36. The lowest BCUT2D eigenvalue weighted by atomic mass is 9.91. The number of hydrogen-bond acceptors (Lipinski definition) is 6. The zero-order valence-electron chi connectivity index (χ0n) is 25.5. The van der Waals surface area contributed by atoms with E-state index in [1.165, 1.54) is 32.2 Å². The second-order valence-electron chi connectivity index (χ2n) is 11.3. The average Bonchev–Trinajstić information content (AvgIpc) is 3.44. The molecule has 2 heterocycles. The Morgan fingerprint density at radius 1 is 1.09 bits per heavy atom. The van der Waals surface area contributed by atoms with Crippen molar-refractivity contribution >= 4 is 41.0 Å². The van der Waals surface area contributed by atoms with E-state index in [0.29, 0.717) is 41.1 Å². The quantitative estimate of drug-likeness (QED) is 0.296. The molecule has 1 unspecified atom stereocenters. The summed E-state index contributed by atoms with van der Waals surface area (Å²) in [6.07, 6.45) is 1.25. The summed E-state index contributed by atoms with van der Waals surface area (Å²) in [5.41, 5.74) is 4.35. The van der Waals surface area contributed by atoms with Gasteiger partial charge >= 0.3 is 6.03 Å². The minimum absolute atomic E-state index is 0.0266. The summed E-state index contributed by atoms with van der Waals surface area (Å²) in [4.78, 5) is 51.6. The van der Waals surface area contributed by atoms with Crippen molar-refractivity contribution in [1.82, 2.24) is 20.4 Å². The van der Waals surface area contributed by atoms with Crippen LogP contribution in [0.25, 0.3) is 22.3 Å². The zero-order chi connectivity index (χ0) is 32.4. The van der Waals surface area contributed by atoms with Gasteiger partial charge in [-0.3, -0.25) is 19.3 Å². The zero-order valence-corrected chi connectivity index (χ0v) is 26.3. The number of methoxy groups -OCH3 is 1. The number of nitrogens with one attached hydrogen (secondary N) is 3. The number of benzene rings is 3. The lowest BCUT2D eigenvalue weighted by Crippen LogP contribution is -2.56. The molecule has 2 atom stereocenters. The maximum Gasteiger partial charge on any atom is 0.326 e. The fourth-order valence-electron chi connectivity index (χ4n) is 5.83. The first-order chi connectivity index (χ1) is 21.5. The standard InChI is InChI=1S/C33H35ClFN5O5/c1-18-21(19-13-26(35)24(28(14-19)45-4)16-36-15-20-11-12-29(41)37-20)7-5-8-22(18)23-9-6-10-27(30(23)34)38-31(42)25-17-39(2)33(44)40(3)32(25)43/h5-10,13-14,20,25,36H,11-12,15-17H2,1-4H3,(H,37,41)(H,38,42)/t20-,25?/m0/s1. The maximum atomic E-state index is 15.5. The molecule has 0 aliphatic carbocycles. The third-order valence-corrected chi connectivity index (χ3v) is 8.77. The van der Waals surface area contributed by atoms with Gasteiger partial charge < -0.3 is 25.6 Å². The van der Waals surface area contributed by atoms with Gasteiger partial charge in [0.2, 0.25) is 17.7 Å². The van der Waals surface area contributed by atoms with Crippen molar-refractivity contribution in [2.45, 2.75) is 32.4 Å². The topological polar surface area (TPSA) is 120 Å². The van der Waals surface area contributed by atoms with Gasteiger partial charge in [0.25, 0.3) is 0 Å². The van der Waals surface area contributed by atoms with Crippen molar-refractivity contribution in [2.24, 2.45) is 5.92 Å². The molecule has 0 radical (unpaired) electrons. The number of urea groups is 1. The Labute approximate surface area is 265 Å². The summed E-state index contributed by atoms with van der Waals surface area (Å²) >= 11 is 6.83. The van der Waals surface area contributed by atoms with E-state index in [0.717, 1.165) is 28.0 Å². The van der Waals surface area contributed by atoms with Crippen LogP contribution in [0, 0.1) is 18.7 Å². The molecule has 0 aromatic heterocycles. The lowest BCUT2D eigenvalue weighted by Gasteiger charge is -2.33. The molecular formula is C33H35ClFN5O5. The number of hydrogen-bond donors (Lipinski definition) is 3. The molecular weight excluding hydrogens is 601 g/mol. The highest BCUT2D eigenvalue weighted by Crippen LogP contribution is 2.40. The SMILES string of the molecule is COc1cc(-c2cccc(-c3cccc(NC(=O)C4CN(C)C(=O)N(C)C4=O)c3Cl)c2C)cc(F)c1CNC[C@@H]1CCC(=O)N1. The van der Waals surface area contributed by atoms with Gasteiger partial charge in [-0.05, 0) is 53.8 Å². The first kappa shape index (κ1) is 31.9. The van der Waals surface area contributed by atoms with Crippen LogP contribution < -0.4 is 20.7 Å². The van der Waals surface area contributed by atoms with Gasteiger partial charge in [0.05, 0.1) is 17.8 Å². The molecule has 45 heavy (non-hydrogen) atoms. The number of nitrogens with zero attached hydrogens (tertiary/aromatic N) is 2. The Morgan fingerprint density at radius 3 is 2.51 bits per heavy atom. The Morgan fingerprint density at radius 2 is 1.80 bits per heavy atom. The van der Waals surface area contributed by atoms with Crippen molar-refractivity contribution in [3.63, 3.8) is 0 Å². The van der Waals surface area contributed by atoms with Crippen molar-refractivity contribution in [1.29, 1.82) is 0 Å². The number of rotatable bonds is 9. The Bertz CT molecular complexity index is 1680. The predicted molar refractivity (Wildman–Crippen MR) is 169 cm³/mol. The fraction of sp³-hybridized carbons (Fsp3) is 0.333. The minimum Gasteiger partial charge on any atom is -0.496 e. The molecule has 5 amide bonds. The molecule has 2 aliphatic heterocycles. The number of carbonyl (C=O) groups excluding carboxylic acids is 4. The molecule has 12 heteroatoms. The summed E-state index contributed by atoms with van der Waals surface area (Å²) < 4.78 is 21.1. The number of amides is 5. The van der Waals surface area contributed by atoms with Gasteiger partial charge in [-0.2, -0.15) is 0 Å². The Balaban J connectivity index is 1.38. The highest BCUT2D eigenvalue weighted by molar-refractivity contribution is 6.36. The fourth-order valence-corrected chi connectivity index (χ4v) is 6.10. The summed E-state index contributed by atoms with van der Waals surface area (Å²) in [6, 6.07) is 13.6. The summed E-state index contributed by atoms with van der Waals surface area (Å²) in [5, 5.41) is 9.14. The van der Waals surface area contributed by atoms with E-state index in [2.05, 4.69) is 16.0 Å². The van der Waals surface area contributed by atoms with Crippen LogP contribution >= 0.6 is 11.6 Å². The van der Waals surface area contributed by atoms with Crippen LogP contribution in [-0.2, 0) is 20.9 Å². The first-order valence-electron chi connectivity index (χ1n) is 14.6. The molecule has 0 saturated carbocycles. The van der Waals surface area contributed by atoms with E-state index in [-0.39, 0.29) is 30.1 Å². The van der Waals surface area contributed by atoms with E-state index in [1.54, 1.807) is 18.2 Å². The predicted octanol–water partition coefficient (Wildman–Crippen LogP) is 4.58. The molecule has 3 N–H and O–H groups in total. The molecule has 0 bridgehead atoms. The number of ether oxygens (including phenoxy) is 1.